The quantitative estimate of drug-likeness (QED) is 0.705. The van der Waals surface area contributed by atoms with E-state index in [1.54, 1.807) is 0 Å². The SMILES string of the molecule is Cc1ccccc1C(=O)Nc1cc(C(C)(C)C)c(O)c(C(C)(C)C)c1. The Morgan fingerprint density at radius 3 is 1.84 bits per heavy atom. The molecule has 0 fully saturated rings. The topological polar surface area (TPSA) is 49.3 Å². The van der Waals surface area contributed by atoms with Crippen LogP contribution in [0.25, 0.3) is 0 Å². The lowest BCUT2D eigenvalue weighted by molar-refractivity contribution is 0.102. The molecule has 0 saturated carbocycles. The molecule has 3 nitrogen and oxygen atoms in total. The average Bonchev–Trinajstić information content (AvgIpc) is 2.46. The fourth-order valence-corrected chi connectivity index (χ4v) is 2.88. The first-order valence-corrected chi connectivity index (χ1v) is 8.66. The molecule has 0 aliphatic carbocycles. The van der Waals surface area contributed by atoms with E-state index in [1.807, 2.05) is 43.3 Å². The van der Waals surface area contributed by atoms with E-state index in [-0.39, 0.29) is 16.7 Å². The summed E-state index contributed by atoms with van der Waals surface area (Å²) >= 11 is 0. The molecule has 134 valence electrons. The number of amides is 1. The summed E-state index contributed by atoms with van der Waals surface area (Å²) in [5, 5.41) is 13.8. The number of hydrogen-bond donors (Lipinski definition) is 2. The number of aryl methyl sites for hydroxylation is 1. The maximum atomic E-state index is 12.7. The second-order valence-corrected chi connectivity index (χ2v) is 8.69. The highest BCUT2D eigenvalue weighted by Gasteiger charge is 2.27. The predicted octanol–water partition coefficient (Wildman–Crippen LogP) is 5.55. The number of carbonyl (C=O) groups excluding carboxylic acids is 1. The summed E-state index contributed by atoms with van der Waals surface area (Å²) in [6, 6.07) is 11.3. The number of phenols is 1. The molecule has 0 atom stereocenters. The molecule has 2 N–H and O–H groups in total. The summed E-state index contributed by atoms with van der Waals surface area (Å²) in [6.45, 7) is 14.3. The molecular formula is C22H29NO2. The van der Waals surface area contributed by atoms with Crippen molar-refractivity contribution in [2.24, 2.45) is 0 Å². The molecule has 1 amide bonds. The molecule has 25 heavy (non-hydrogen) atoms. The molecular weight excluding hydrogens is 310 g/mol. The number of nitrogens with one attached hydrogen (secondary N) is 1. The third-order valence-corrected chi connectivity index (χ3v) is 4.37. The van der Waals surface area contributed by atoms with Crippen molar-refractivity contribution in [2.75, 3.05) is 5.32 Å². The number of anilines is 1. The molecule has 0 heterocycles. The van der Waals surface area contributed by atoms with Crippen molar-refractivity contribution < 1.29 is 9.90 Å². The van der Waals surface area contributed by atoms with E-state index >= 15 is 0 Å². The largest absolute Gasteiger partial charge is 0.507 e. The summed E-state index contributed by atoms with van der Waals surface area (Å²) < 4.78 is 0. The summed E-state index contributed by atoms with van der Waals surface area (Å²) in [4.78, 5) is 12.7. The fourth-order valence-electron chi connectivity index (χ4n) is 2.88. The van der Waals surface area contributed by atoms with Crippen LogP contribution in [0.3, 0.4) is 0 Å². The zero-order valence-corrected chi connectivity index (χ0v) is 16.3. The number of carbonyl (C=O) groups is 1. The molecule has 0 bridgehead atoms. The number of hydrogen-bond acceptors (Lipinski definition) is 2. The number of benzene rings is 2. The van der Waals surface area contributed by atoms with E-state index in [4.69, 9.17) is 0 Å². The summed E-state index contributed by atoms with van der Waals surface area (Å²) in [5.74, 6) is 0.178. The first-order chi connectivity index (χ1) is 11.4. The summed E-state index contributed by atoms with van der Waals surface area (Å²) in [7, 11) is 0. The number of rotatable bonds is 2. The van der Waals surface area contributed by atoms with Gasteiger partial charge in [-0.15, -0.1) is 0 Å². The van der Waals surface area contributed by atoms with Gasteiger partial charge in [0.05, 0.1) is 0 Å². The van der Waals surface area contributed by atoms with Crippen molar-refractivity contribution in [1.29, 1.82) is 0 Å². The Labute approximate surface area is 151 Å². The monoisotopic (exact) mass is 339 g/mol. The number of phenolic OH excluding ortho intramolecular Hbond substituents is 1. The van der Waals surface area contributed by atoms with E-state index in [0.29, 0.717) is 17.0 Å². The average molecular weight is 339 g/mol. The van der Waals surface area contributed by atoms with Gasteiger partial charge in [0.1, 0.15) is 5.75 Å². The fraction of sp³-hybridized carbons (Fsp3) is 0.409. The van der Waals surface area contributed by atoms with Crippen LogP contribution >= 0.6 is 0 Å². The Bertz CT molecular complexity index is 757. The van der Waals surface area contributed by atoms with Crippen molar-refractivity contribution in [3.05, 3.63) is 58.7 Å². The molecule has 0 aromatic heterocycles. The standard InChI is InChI=1S/C22H29NO2/c1-14-10-8-9-11-16(14)20(25)23-15-12-17(21(2,3)4)19(24)18(13-15)22(5,6)7/h8-13,24H,1-7H3,(H,23,25). The van der Waals surface area contributed by atoms with E-state index in [0.717, 1.165) is 16.7 Å². The van der Waals surface area contributed by atoms with E-state index in [9.17, 15) is 9.90 Å². The van der Waals surface area contributed by atoms with Crippen LogP contribution in [-0.4, -0.2) is 11.0 Å². The Kier molecular flexibility index (Phi) is 4.99. The van der Waals surface area contributed by atoms with Gasteiger partial charge in [-0.3, -0.25) is 4.79 Å². The smallest absolute Gasteiger partial charge is 0.255 e. The van der Waals surface area contributed by atoms with Crippen LogP contribution in [0.4, 0.5) is 5.69 Å². The highest BCUT2D eigenvalue weighted by Crippen LogP contribution is 2.41. The molecule has 2 aromatic rings. The lowest BCUT2D eigenvalue weighted by Crippen LogP contribution is -2.19. The molecule has 0 unspecified atom stereocenters. The van der Waals surface area contributed by atoms with Crippen molar-refractivity contribution in [3.8, 4) is 5.75 Å². The van der Waals surface area contributed by atoms with Crippen LogP contribution in [0.5, 0.6) is 5.75 Å². The first-order valence-electron chi connectivity index (χ1n) is 8.66. The first kappa shape index (κ1) is 19.0. The molecule has 2 aromatic carbocycles. The van der Waals surface area contributed by atoms with Gasteiger partial charge in [0.25, 0.3) is 5.91 Å². The zero-order chi connectivity index (χ0) is 19.0. The molecule has 0 radical (unpaired) electrons. The Balaban J connectivity index is 2.51. The molecule has 0 saturated heterocycles. The summed E-state index contributed by atoms with van der Waals surface area (Å²) in [5.41, 5.74) is 3.51. The van der Waals surface area contributed by atoms with Gasteiger partial charge in [0.15, 0.2) is 0 Å². The van der Waals surface area contributed by atoms with Gasteiger partial charge >= 0.3 is 0 Å². The van der Waals surface area contributed by atoms with Crippen molar-refractivity contribution in [3.63, 3.8) is 0 Å². The summed E-state index contributed by atoms with van der Waals surface area (Å²) in [6.07, 6.45) is 0. The van der Waals surface area contributed by atoms with Gasteiger partial charge in [-0.1, -0.05) is 59.7 Å². The van der Waals surface area contributed by atoms with Gasteiger partial charge in [-0.05, 0) is 41.5 Å². The van der Waals surface area contributed by atoms with Crippen LogP contribution in [0, 0.1) is 6.92 Å². The zero-order valence-electron chi connectivity index (χ0n) is 16.3. The second-order valence-electron chi connectivity index (χ2n) is 8.69. The minimum Gasteiger partial charge on any atom is -0.507 e. The van der Waals surface area contributed by atoms with Crippen molar-refractivity contribution >= 4 is 11.6 Å². The van der Waals surface area contributed by atoms with Gasteiger partial charge in [0, 0.05) is 22.4 Å². The Morgan fingerprint density at radius 1 is 0.920 bits per heavy atom. The molecule has 0 spiro atoms. The minimum absolute atomic E-state index is 0.136. The van der Waals surface area contributed by atoms with Crippen LogP contribution < -0.4 is 5.32 Å². The van der Waals surface area contributed by atoms with E-state index in [1.165, 1.54) is 0 Å². The van der Waals surface area contributed by atoms with E-state index < -0.39 is 0 Å². The minimum atomic E-state index is -0.229. The number of aromatic hydroxyl groups is 1. The van der Waals surface area contributed by atoms with E-state index in [2.05, 4.69) is 46.9 Å². The van der Waals surface area contributed by atoms with Gasteiger partial charge in [0.2, 0.25) is 0 Å². The Morgan fingerprint density at radius 2 is 1.40 bits per heavy atom. The van der Waals surface area contributed by atoms with Crippen LogP contribution in [0.1, 0.15) is 68.6 Å². The predicted molar refractivity (Wildman–Crippen MR) is 105 cm³/mol. The van der Waals surface area contributed by atoms with Gasteiger partial charge in [-0.25, -0.2) is 0 Å². The van der Waals surface area contributed by atoms with Crippen LogP contribution in [0.15, 0.2) is 36.4 Å². The third-order valence-electron chi connectivity index (χ3n) is 4.37. The van der Waals surface area contributed by atoms with Crippen molar-refractivity contribution in [2.45, 2.75) is 59.3 Å². The lowest BCUT2D eigenvalue weighted by Gasteiger charge is -2.28. The molecule has 2 rings (SSSR count). The molecule has 0 aliphatic rings. The maximum absolute atomic E-state index is 12.7. The Hall–Kier alpha value is -2.29. The lowest BCUT2D eigenvalue weighted by atomic mass is 9.79. The highest BCUT2D eigenvalue weighted by atomic mass is 16.3. The maximum Gasteiger partial charge on any atom is 0.255 e. The molecule has 0 aliphatic heterocycles. The normalized spacial score (nSPS) is 12.1. The molecule has 3 heteroatoms. The van der Waals surface area contributed by atoms with Gasteiger partial charge < -0.3 is 10.4 Å². The second kappa shape index (κ2) is 6.55. The van der Waals surface area contributed by atoms with Crippen LogP contribution in [-0.2, 0) is 10.8 Å². The van der Waals surface area contributed by atoms with Gasteiger partial charge in [-0.2, -0.15) is 0 Å². The third kappa shape index (κ3) is 4.22. The van der Waals surface area contributed by atoms with Crippen LogP contribution in [0.2, 0.25) is 0 Å². The highest BCUT2D eigenvalue weighted by molar-refractivity contribution is 6.05. The van der Waals surface area contributed by atoms with Crippen molar-refractivity contribution in [1.82, 2.24) is 0 Å².